The second kappa shape index (κ2) is 2.45. The maximum Gasteiger partial charge on any atom is 0.340 e. The molecule has 1 aliphatic heterocycles. The summed E-state index contributed by atoms with van der Waals surface area (Å²) in [5.74, 6) is 0.713. The number of rotatable bonds is 1. The summed E-state index contributed by atoms with van der Waals surface area (Å²) >= 11 is 0. The quantitative estimate of drug-likeness (QED) is 0.539. The molecule has 3 N–H and O–H groups in total. The molecule has 0 aliphatic carbocycles. The van der Waals surface area contributed by atoms with Crippen molar-refractivity contribution in [2.24, 2.45) is 0 Å². The van der Waals surface area contributed by atoms with Crippen molar-refractivity contribution in [1.82, 2.24) is 20.5 Å². The molecule has 0 spiro atoms. The van der Waals surface area contributed by atoms with E-state index in [4.69, 9.17) is 0 Å². The molecule has 2 heterocycles. The lowest BCUT2D eigenvalue weighted by Crippen LogP contribution is -2.34. The molecular formula is C7H12N4O. The van der Waals surface area contributed by atoms with Crippen molar-refractivity contribution in [3.05, 3.63) is 16.3 Å². The molecule has 0 amide bonds. The minimum atomic E-state index is -0.236. The summed E-state index contributed by atoms with van der Waals surface area (Å²) in [5, 5.41) is 9.59. The van der Waals surface area contributed by atoms with Crippen LogP contribution in [-0.2, 0) is 5.54 Å². The van der Waals surface area contributed by atoms with Gasteiger partial charge >= 0.3 is 5.69 Å². The van der Waals surface area contributed by atoms with Crippen molar-refractivity contribution in [2.75, 3.05) is 6.54 Å². The van der Waals surface area contributed by atoms with E-state index in [1.165, 1.54) is 0 Å². The molecule has 12 heavy (non-hydrogen) atoms. The van der Waals surface area contributed by atoms with Gasteiger partial charge in [-0.2, -0.15) is 5.10 Å². The molecule has 5 nitrogen and oxygen atoms in total. The summed E-state index contributed by atoms with van der Waals surface area (Å²) in [6, 6.07) is 0. The number of H-pyrrole nitrogens is 2. The Bertz CT molecular complexity index is 320. The zero-order chi connectivity index (χ0) is 8.60. The Morgan fingerprint density at radius 2 is 2.42 bits per heavy atom. The molecule has 0 radical (unpaired) electrons. The van der Waals surface area contributed by atoms with Crippen LogP contribution in [0.25, 0.3) is 0 Å². The van der Waals surface area contributed by atoms with Gasteiger partial charge in [0.1, 0.15) is 0 Å². The lowest BCUT2D eigenvalue weighted by atomic mass is 10.00. The highest BCUT2D eigenvalue weighted by Crippen LogP contribution is 2.26. The van der Waals surface area contributed by atoms with Crippen LogP contribution in [-0.4, -0.2) is 21.7 Å². The SMILES string of the molecule is CC1(c2n[nH]c(=O)[nH]2)CCCN1. The second-order valence-electron chi connectivity index (χ2n) is 3.39. The average molecular weight is 168 g/mol. The fraction of sp³-hybridized carbons (Fsp3) is 0.714. The monoisotopic (exact) mass is 168 g/mol. The van der Waals surface area contributed by atoms with Gasteiger partial charge in [0.2, 0.25) is 0 Å². The number of nitrogens with one attached hydrogen (secondary N) is 3. The largest absolute Gasteiger partial charge is 0.340 e. The normalized spacial score (nSPS) is 29.4. The van der Waals surface area contributed by atoms with Crippen molar-refractivity contribution >= 4 is 0 Å². The van der Waals surface area contributed by atoms with E-state index in [1.54, 1.807) is 0 Å². The number of aromatic nitrogens is 3. The third-order valence-electron chi connectivity index (χ3n) is 2.39. The molecule has 0 bridgehead atoms. The van der Waals surface area contributed by atoms with Crippen molar-refractivity contribution in [2.45, 2.75) is 25.3 Å². The number of hydrogen-bond donors (Lipinski definition) is 3. The van der Waals surface area contributed by atoms with Crippen LogP contribution < -0.4 is 11.0 Å². The molecule has 1 aromatic rings. The Labute approximate surface area is 69.6 Å². The van der Waals surface area contributed by atoms with Crippen LogP contribution >= 0.6 is 0 Å². The van der Waals surface area contributed by atoms with Crippen molar-refractivity contribution in [3.8, 4) is 0 Å². The first-order valence-electron chi connectivity index (χ1n) is 4.11. The van der Waals surface area contributed by atoms with Gasteiger partial charge in [-0.15, -0.1) is 0 Å². The highest BCUT2D eigenvalue weighted by atomic mass is 16.1. The van der Waals surface area contributed by atoms with Crippen LogP contribution in [0, 0.1) is 0 Å². The Morgan fingerprint density at radius 1 is 1.58 bits per heavy atom. The van der Waals surface area contributed by atoms with Gasteiger partial charge in [-0.05, 0) is 26.3 Å². The number of aromatic amines is 2. The highest BCUT2D eigenvalue weighted by molar-refractivity contribution is 5.04. The molecule has 0 aromatic carbocycles. The average Bonchev–Trinajstić information content (AvgIpc) is 2.59. The maximum atomic E-state index is 10.8. The Balaban J connectivity index is 2.34. The molecule has 1 aromatic heterocycles. The van der Waals surface area contributed by atoms with Gasteiger partial charge in [-0.1, -0.05) is 0 Å². The zero-order valence-corrected chi connectivity index (χ0v) is 6.98. The topological polar surface area (TPSA) is 73.6 Å². The van der Waals surface area contributed by atoms with Crippen LogP contribution in [0.5, 0.6) is 0 Å². The van der Waals surface area contributed by atoms with Crippen LogP contribution in [0.2, 0.25) is 0 Å². The third-order valence-corrected chi connectivity index (χ3v) is 2.39. The number of hydrogen-bond acceptors (Lipinski definition) is 3. The predicted octanol–water partition coefficient (Wildman–Crippen LogP) is -0.303. The van der Waals surface area contributed by atoms with Crippen LogP contribution in [0.4, 0.5) is 0 Å². The second-order valence-corrected chi connectivity index (χ2v) is 3.39. The Hall–Kier alpha value is -1.10. The van der Waals surface area contributed by atoms with Gasteiger partial charge in [0.05, 0.1) is 5.54 Å². The van der Waals surface area contributed by atoms with E-state index >= 15 is 0 Å². The van der Waals surface area contributed by atoms with E-state index in [0.717, 1.165) is 19.4 Å². The van der Waals surface area contributed by atoms with E-state index in [9.17, 15) is 4.79 Å². The summed E-state index contributed by atoms with van der Waals surface area (Å²) in [6.07, 6.45) is 2.15. The van der Waals surface area contributed by atoms with Crippen LogP contribution in [0.3, 0.4) is 0 Å². The molecule has 5 heteroatoms. The van der Waals surface area contributed by atoms with Crippen LogP contribution in [0.1, 0.15) is 25.6 Å². The van der Waals surface area contributed by atoms with Crippen molar-refractivity contribution < 1.29 is 0 Å². The van der Waals surface area contributed by atoms with Crippen LogP contribution in [0.15, 0.2) is 4.79 Å². The fourth-order valence-electron chi connectivity index (χ4n) is 1.63. The summed E-state index contributed by atoms with van der Waals surface area (Å²) in [5.41, 5.74) is -0.376. The van der Waals surface area contributed by atoms with Gasteiger partial charge in [0.25, 0.3) is 0 Å². The zero-order valence-electron chi connectivity index (χ0n) is 6.98. The maximum absolute atomic E-state index is 10.8. The first kappa shape index (κ1) is 7.54. The summed E-state index contributed by atoms with van der Waals surface area (Å²) in [6.45, 7) is 3.04. The van der Waals surface area contributed by atoms with Gasteiger partial charge in [-0.3, -0.25) is 4.98 Å². The molecule has 1 saturated heterocycles. The molecule has 2 rings (SSSR count). The predicted molar refractivity (Wildman–Crippen MR) is 43.8 cm³/mol. The first-order chi connectivity index (χ1) is 5.71. The lowest BCUT2D eigenvalue weighted by molar-refractivity contribution is 0.408. The summed E-state index contributed by atoms with van der Waals surface area (Å²) in [7, 11) is 0. The Kier molecular flexibility index (Phi) is 1.54. The third kappa shape index (κ3) is 1.06. The van der Waals surface area contributed by atoms with Gasteiger partial charge in [-0.25, -0.2) is 9.89 Å². The van der Waals surface area contributed by atoms with E-state index in [2.05, 4.69) is 20.5 Å². The standard InChI is InChI=1S/C7H12N4O/c1-7(3-2-4-8-7)5-9-6(12)11-10-5/h8H,2-4H2,1H3,(H2,9,10,11,12). The fourth-order valence-corrected chi connectivity index (χ4v) is 1.63. The summed E-state index contributed by atoms with van der Waals surface area (Å²) in [4.78, 5) is 13.5. The number of nitrogens with zero attached hydrogens (tertiary/aromatic N) is 1. The molecule has 1 fully saturated rings. The van der Waals surface area contributed by atoms with E-state index in [0.29, 0.717) is 5.82 Å². The smallest absolute Gasteiger partial charge is 0.305 e. The molecule has 66 valence electrons. The van der Waals surface area contributed by atoms with E-state index in [-0.39, 0.29) is 11.2 Å². The molecule has 1 unspecified atom stereocenters. The van der Waals surface area contributed by atoms with Crippen molar-refractivity contribution in [3.63, 3.8) is 0 Å². The Morgan fingerprint density at radius 3 is 2.92 bits per heavy atom. The van der Waals surface area contributed by atoms with E-state index < -0.39 is 0 Å². The van der Waals surface area contributed by atoms with E-state index in [1.807, 2.05) is 6.92 Å². The first-order valence-corrected chi connectivity index (χ1v) is 4.11. The van der Waals surface area contributed by atoms with Gasteiger partial charge < -0.3 is 5.32 Å². The highest BCUT2D eigenvalue weighted by Gasteiger charge is 2.32. The summed E-state index contributed by atoms with van der Waals surface area (Å²) < 4.78 is 0. The van der Waals surface area contributed by atoms with Gasteiger partial charge in [0, 0.05) is 0 Å². The minimum absolute atomic E-state index is 0.140. The van der Waals surface area contributed by atoms with Crippen molar-refractivity contribution in [1.29, 1.82) is 0 Å². The lowest BCUT2D eigenvalue weighted by Gasteiger charge is -2.19. The molecule has 1 atom stereocenters. The molecular weight excluding hydrogens is 156 g/mol. The minimum Gasteiger partial charge on any atom is -0.305 e. The molecule has 1 aliphatic rings. The van der Waals surface area contributed by atoms with Gasteiger partial charge in [0.15, 0.2) is 5.82 Å². The molecule has 0 saturated carbocycles.